The molecule has 0 aliphatic heterocycles. The molecule has 0 unspecified atom stereocenters. The van der Waals surface area contributed by atoms with E-state index in [0.29, 0.717) is 17.7 Å². The van der Waals surface area contributed by atoms with Crippen LogP contribution in [0.25, 0.3) is 0 Å². The van der Waals surface area contributed by atoms with Gasteiger partial charge in [-0.05, 0) is 48.9 Å². The normalized spacial score (nSPS) is 10.3. The number of hydrogen-bond donors (Lipinski definition) is 1. The van der Waals surface area contributed by atoms with Gasteiger partial charge in [-0.2, -0.15) is 0 Å². The molecule has 2 N–H and O–H groups in total. The fourth-order valence-corrected chi connectivity index (χ4v) is 1.80. The smallest absolute Gasteiger partial charge is 0.193 e. The molecule has 3 heteroatoms. The molecule has 0 aliphatic rings. The molecule has 0 heterocycles. The van der Waals surface area contributed by atoms with Crippen LogP contribution in [0.3, 0.4) is 0 Å². The highest BCUT2D eigenvalue weighted by Crippen LogP contribution is 2.12. The summed E-state index contributed by atoms with van der Waals surface area (Å²) in [6.45, 7) is 0.550. The third-order valence-corrected chi connectivity index (χ3v) is 2.73. The second-order valence-corrected chi connectivity index (χ2v) is 4.08. The van der Waals surface area contributed by atoms with Crippen LogP contribution in [0.5, 0.6) is 0 Å². The Labute approximate surface area is 105 Å². The Bertz CT molecular complexity index is 549. The minimum absolute atomic E-state index is 0.103. The van der Waals surface area contributed by atoms with Crippen LogP contribution in [0.1, 0.15) is 21.5 Å². The topological polar surface area (TPSA) is 43.1 Å². The first kappa shape index (κ1) is 12.5. The van der Waals surface area contributed by atoms with Crippen LogP contribution in [-0.4, -0.2) is 12.3 Å². The summed E-state index contributed by atoms with van der Waals surface area (Å²) in [5.41, 5.74) is 7.61. The molecule has 0 aromatic heterocycles. The molecule has 0 fully saturated rings. The summed E-state index contributed by atoms with van der Waals surface area (Å²) in [5.74, 6) is -0.447. The van der Waals surface area contributed by atoms with Gasteiger partial charge >= 0.3 is 0 Å². The van der Waals surface area contributed by atoms with Gasteiger partial charge in [-0.3, -0.25) is 4.79 Å². The van der Waals surface area contributed by atoms with Gasteiger partial charge in [-0.15, -0.1) is 0 Å². The molecule has 0 amide bonds. The Kier molecular flexibility index (Phi) is 3.85. The molecule has 0 atom stereocenters. The van der Waals surface area contributed by atoms with E-state index in [1.54, 1.807) is 6.07 Å². The minimum atomic E-state index is -0.344. The summed E-state index contributed by atoms with van der Waals surface area (Å²) in [4.78, 5) is 12.2. The summed E-state index contributed by atoms with van der Waals surface area (Å²) >= 11 is 0. The summed E-state index contributed by atoms with van der Waals surface area (Å²) in [5, 5.41) is 0. The SMILES string of the molecule is NCCc1cccc(C(=O)c2ccc(F)cc2)c1. The molecule has 2 rings (SSSR count). The van der Waals surface area contributed by atoms with E-state index >= 15 is 0 Å². The number of carbonyl (C=O) groups excluding carboxylic acids is 1. The van der Waals surface area contributed by atoms with E-state index in [0.717, 1.165) is 12.0 Å². The van der Waals surface area contributed by atoms with Crippen LogP contribution in [0.15, 0.2) is 48.5 Å². The molecule has 92 valence electrons. The van der Waals surface area contributed by atoms with Crippen LogP contribution in [0.4, 0.5) is 4.39 Å². The van der Waals surface area contributed by atoms with Gasteiger partial charge < -0.3 is 5.73 Å². The molecule has 2 aromatic carbocycles. The summed E-state index contributed by atoms with van der Waals surface area (Å²) in [6, 6.07) is 12.9. The lowest BCUT2D eigenvalue weighted by Crippen LogP contribution is -2.05. The van der Waals surface area contributed by atoms with Gasteiger partial charge in [-0.1, -0.05) is 18.2 Å². The molecular weight excluding hydrogens is 229 g/mol. The van der Waals surface area contributed by atoms with Gasteiger partial charge in [0, 0.05) is 11.1 Å². The maximum atomic E-state index is 12.8. The number of ketones is 1. The molecule has 2 nitrogen and oxygen atoms in total. The fraction of sp³-hybridized carbons (Fsp3) is 0.133. The fourth-order valence-electron chi connectivity index (χ4n) is 1.80. The van der Waals surface area contributed by atoms with Crippen molar-refractivity contribution in [3.8, 4) is 0 Å². The highest BCUT2D eigenvalue weighted by molar-refractivity contribution is 6.09. The minimum Gasteiger partial charge on any atom is -0.330 e. The molecule has 0 radical (unpaired) electrons. The van der Waals surface area contributed by atoms with E-state index < -0.39 is 0 Å². The number of hydrogen-bond acceptors (Lipinski definition) is 2. The first-order valence-corrected chi connectivity index (χ1v) is 5.80. The van der Waals surface area contributed by atoms with Gasteiger partial charge in [0.1, 0.15) is 5.82 Å². The Morgan fingerprint density at radius 1 is 1.06 bits per heavy atom. The molecule has 2 aromatic rings. The van der Waals surface area contributed by atoms with Crippen molar-refractivity contribution in [1.29, 1.82) is 0 Å². The van der Waals surface area contributed by atoms with Crippen LogP contribution < -0.4 is 5.73 Å². The largest absolute Gasteiger partial charge is 0.330 e. The van der Waals surface area contributed by atoms with Crippen LogP contribution in [-0.2, 0) is 6.42 Å². The molecule has 0 bridgehead atoms. The number of halogens is 1. The predicted molar refractivity (Wildman–Crippen MR) is 69.0 cm³/mol. The highest BCUT2D eigenvalue weighted by Gasteiger charge is 2.09. The van der Waals surface area contributed by atoms with Gasteiger partial charge in [-0.25, -0.2) is 4.39 Å². The zero-order valence-corrected chi connectivity index (χ0v) is 9.90. The van der Waals surface area contributed by atoms with Crippen molar-refractivity contribution in [1.82, 2.24) is 0 Å². The van der Waals surface area contributed by atoms with Crippen LogP contribution >= 0.6 is 0 Å². The first-order chi connectivity index (χ1) is 8.70. The zero-order valence-electron chi connectivity index (χ0n) is 9.90. The Morgan fingerprint density at radius 3 is 2.44 bits per heavy atom. The average Bonchev–Trinajstić information content (AvgIpc) is 2.39. The molecule has 0 saturated heterocycles. The number of benzene rings is 2. The van der Waals surface area contributed by atoms with Crippen molar-refractivity contribution < 1.29 is 9.18 Å². The van der Waals surface area contributed by atoms with Gasteiger partial charge in [0.25, 0.3) is 0 Å². The van der Waals surface area contributed by atoms with E-state index in [9.17, 15) is 9.18 Å². The second-order valence-electron chi connectivity index (χ2n) is 4.08. The lowest BCUT2D eigenvalue weighted by Gasteiger charge is -2.04. The van der Waals surface area contributed by atoms with E-state index in [2.05, 4.69) is 0 Å². The van der Waals surface area contributed by atoms with Crippen LogP contribution in [0, 0.1) is 5.82 Å². The number of nitrogens with two attached hydrogens (primary N) is 1. The molecule has 0 aliphatic carbocycles. The average molecular weight is 243 g/mol. The van der Waals surface area contributed by atoms with Crippen molar-refractivity contribution in [2.24, 2.45) is 5.73 Å². The summed E-state index contributed by atoms with van der Waals surface area (Å²) in [7, 11) is 0. The molecule has 18 heavy (non-hydrogen) atoms. The predicted octanol–water partition coefficient (Wildman–Crippen LogP) is 2.56. The third-order valence-electron chi connectivity index (χ3n) is 2.73. The van der Waals surface area contributed by atoms with E-state index in [4.69, 9.17) is 5.73 Å². The maximum Gasteiger partial charge on any atom is 0.193 e. The highest BCUT2D eigenvalue weighted by atomic mass is 19.1. The van der Waals surface area contributed by atoms with E-state index in [1.165, 1.54) is 24.3 Å². The van der Waals surface area contributed by atoms with Crippen molar-refractivity contribution in [3.05, 3.63) is 71.0 Å². The molecule has 0 saturated carbocycles. The van der Waals surface area contributed by atoms with Gasteiger partial charge in [0.05, 0.1) is 0 Å². The van der Waals surface area contributed by atoms with Crippen molar-refractivity contribution in [2.45, 2.75) is 6.42 Å². The van der Waals surface area contributed by atoms with Crippen molar-refractivity contribution in [3.63, 3.8) is 0 Å². The van der Waals surface area contributed by atoms with E-state index in [-0.39, 0.29) is 11.6 Å². The monoisotopic (exact) mass is 243 g/mol. The third kappa shape index (κ3) is 2.81. The molecule has 0 spiro atoms. The lowest BCUT2D eigenvalue weighted by molar-refractivity contribution is 0.103. The molecular formula is C15H14FNO. The standard InChI is InChI=1S/C15H14FNO/c16-14-6-4-12(5-7-14)15(18)13-3-1-2-11(10-13)8-9-17/h1-7,10H,8-9,17H2. The first-order valence-electron chi connectivity index (χ1n) is 5.80. The second kappa shape index (κ2) is 5.56. The van der Waals surface area contributed by atoms with Crippen molar-refractivity contribution in [2.75, 3.05) is 6.54 Å². The van der Waals surface area contributed by atoms with Gasteiger partial charge in [0.2, 0.25) is 0 Å². The lowest BCUT2D eigenvalue weighted by atomic mass is 10.0. The number of carbonyl (C=O) groups is 1. The number of rotatable bonds is 4. The Morgan fingerprint density at radius 2 is 1.78 bits per heavy atom. The van der Waals surface area contributed by atoms with E-state index in [1.807, 2.05) is 18.2 Å². The van der Waals surface area contributed by atoms with Crippen molar-refractivity contribution >= 4 is 5.78 Å². The Hall–Kier alpha value is -2.00. The zero-order chi connectivity index (χ0) is 13.0. The van der Waals surface area contributed by atoms with Gasteiger partial charge in [0.15, 0.2) is 5.78 Å². The summed E-state index contributed by atoms with van der Waals surface area (Å²) < 4.78 is 12.8. The van der Waals surface area contributed by atoms with Crippen LogP contribution in [0.2, 0.25) is 0 Å². The summed E-state index contributed by atoms with van der Waals surface area (Å²) in [6.07, 6.45) is 0.741. The quantitative estimate of drug-likeness (QED) is 0.839. The maximum absolute atomic E-state index is 12.8. The Balaban J connectivity index is 2.28.